The van der Waals surface area contributed by atoms with Gasteiger partial charge in [-0.2, -0.15) is 3.63 Å². The standard InChI is InChI=1S/Na.H2O5S2/c;1-6-5-7(2,3)4/h;1H,(H,2,3,4)/q+1;/p-1. The summed E-state index contributed by atoms with van der Waals surface area (Å²) < 4.78 is 38.5. The molecule has 0 heterocycles. The zero-order chi connectivity index (χ0) is 5.91. The molecule has 0 aromatic heterocycles. The zero-order valence-electron chi connectivity index (χ0n) is 3.90. The van der Waals surface area contributed by atoms with E-state index < -0.39 is 22.7 Å². The summed E-state index contributed by atoms with van der Waals surface area (Å²) in [6, 6.07) is 0. The molecule has 0 saturated heterocycles. The monoisotopic (exact) mass is 168 g/mol. The van der Waals surface area contributed by atoms with E-state index in [9.17, 15) is 13.0 Å². The third kappa shape index (κ3) is 10.2. The second-order valence-corrected chi connectivity index (χ2v) is 2.06. The fourth-order valence-electron chi connectivity index (χ4n) is 0.0373. The van der Waals surface area contributed by atoms with Gasteiger partial charge in [-0.3, -0.25) is 0 Å². The van der Waals surface area contributed by atoms with Crippen molar-refractivity contribution < 1.29 is 50.7 Å². The van der Waals surface area contributed by atoms with Gasteiger partial charge < -0.3 is 9.11 Å². The van der Waals surface area contributed by atoms with E-state index in [1.807, 2.05) is 0 Å². The summed E-state index contributed by atoms with van der Waals surface area (Å²) in [6.07, 6.45) is 0. The SMILES string of the molecule is O=S(=O)([O-])OSO.[Na+]. The summed E-state index contributed by atoms with van der Waals surface area (Å²) in [6.45, 7) is 0. The molecule has 5 nitrogen and oxygen atoms in total. The Morgan fingerprint density at radius 3 is 2.00 bits per heavy atom. The Morgan fingerprint density at radius 1 is 1.62 bits per heavy atom. The summed E-state index contributed by atoms with van der Waals surface area (Å²) >= 11 is -0.492. The largest absolute Gasteiger partial charge is 1.00 e. The van der Waals surface area contributed by atoms with Crippen molar-refractivity contribution in [3.8, 4) is 0 Å². The molecule has 0 aromatic carbocycles. The smallest absolute Gasteiger partial charge is 0.725 e. The van der Waals surface area contributed by atoms with E-state index in [1.54, 1.807) is 0 Å². The molecule has 0 fully saturated rings. The summed E-state index contributed by atoms with van der Waals surface area (Å²) in [7, 11) is -4.71. The van der Waals surface area contributed by atoms with E-state index in [-0.39, 0.29) is 29.6 Å². The van der Waals surface area contributed by atoms with Crippen LogP contribution in [0.15, 0.2) is 0 Å². The van der Waals surface area contributed by atoms with Crippen LogP contribution in [-0.4, -0.2) is 17.5 Å². The molecule has 0 radical (unpaired) electrons. The van der Waals surface area contributed by atoms with Crippen LogP contribution in [0.5, 0.6) is 0 Å². The Bertz CT molecular complexity index is 123. The Labute approximate surface area is 73.1 Å². The average molecular weight is 168 g/mol. The van der Waals surface area contributed by atoms with Gasteiger partial charge in [0.05, 0.1) is 0 Å². The van der Waals surface area contributed by atoms with Crippen molar-refractivity contribution in [3.63, 3.8) is 0 Å². The molecule has 8 heteroatoms. The van der Waals surface area contributed by atoms with E-state index in [2.05, 4.69) is 3.63 Å². The first-order chi connectivity index (χ1) is 3.06. The normalized spacial score (nSPS) is 10.2. The first-order valence-corrected chi connectivity index (χ1v) is 3.05. The van der Waals surface area contributed by atoms with Crippen molar-refractivity contribution in [2.75, 3.05) is 0 Å². The van der Waals surface area contributed by atoms with Crippen LogP contribution in [0.4, 0.5) is 0 Å². The summed E-state index contributed by atoms with van der Waals surface area (Å²) in [4.78, 5) is 0. The van der Waals surface area contributed by atoms with Gasteiger partial charge in [-0.25, -0.2) is 8.42 Å². The van der Waals surface area contributed by atoms with Gasteiger partial charge in [-0.1, -0.05) is 0 Å². The van der Waals surface area contributed by atoms with Gasteiger partial charge in [-0.05, 0) is 0 Å². The van der Waals surface area contributed by atoms with Crippen molar-refractivity contribution in [2.24, 2.45) is 0 Å². The topological polar surface area (TPSA) is 86.7 Å². The maximum absolute atomic E-state index is 9.27. The molecule has 0 rings (SSSR count). The molecule has 0 bridgehead atoms. The molecule has 0 aliphatic carbocycles. The van der Waals surface area contributed by atoms with Gasteiger partial charge in [0.15, 0.2) is 12.3 Å². The summed E-state index contributed by atoms with van der Waals surface area (Å²) in [5.41, 5.74) is 0. The number of hydrogen-bond donors (Lipinski definition) is 1. The Kier molecular flexibility index (Phi) is 7.45. The van der Waals surface area contributed by atoms with Crippen molar-refractivity contribution >= 4 is 22.7 Å². The Hall–Kier alpha value is 1.18. The van der Waals surface area contributed by atoms with Crippen LogP contribution in [-0.2, 0) is 14.0 Å². The first kappa shape index (κ1) is 11.9. The van der Waals surface area contributed by atoms with Crippen LogP contribution in [0.25, 0.3) is 0 Å². The van der Waals surface area contributed by atoms with Gasteiger partial charge in [0.25, 0.3) is 0 Å². The van der Waals surface area contributed by atoms with E-state index >= 15 is 0 Å². The maximum atomic E-state index is 9.27. The molecule has 0 saturated carbocycles. The number of hydrogen-bond acceptors (Lipinski definition) is 6. The van der Waals surface area contributed by atoms with Crippen LogP contribution in [0.2, 0.25) is 0 Å². The predicted octanol–water partition coefficient (Wildman–Crippen LogP) is -3.41. The van der Waals surface area contributed by atoms with Gasteiger partial charge in [0.2, 0.25) is 10.4 Å². The van der Waals surface area contributed by atoms with E-state index in [4.69, 9.17) is 4.55 Å². The van der Waals surface area contributed by atoms with Gasteiger partial charge in [-0.15, -0.1) is 0 Å². The molecule has 0 unspecified atom stereocenters. The van der Waals surface area contributed by atoms with Crippen molar-refractivity contribution in [1.82, 2.24) is 0 Å². The van der Waals surface area contributed by atoms with Gasteiger partial charge in [0, 0.05) is 0 Å². The average Bonchev–Trinajstić information content (AvgIpc) is 1.30. The van der Waals surface area contributed by atoms with Crippen molar-refractivity contribution in [1.29, 1.82) is 0 Å². The van der Waals surface area contributed by atoms with Crippen LogP contribution in [0.1, 0.15) is 0 Å². The molecule has 0 atom stereocenters. The molecule has 44 valence electrons. The minimum absolute atomic E-state index is 0. The molecular weight excluding hydrogens is 167 g/mol. The second kappa shape index (κ2) is 5.00. The van der Waals surface area contributed by atoms with Crippen molar-refractivity contribution in [2.45, 2.75) is 0 Å². The van der Waals surface area contributed by atoms with E-state index in [0.717, 1.165) is 0 Å². The van der Waals surface area contributed by atoms with Crippen LogP contribution in [0.3, 0.4) is 0 Å². The van der Waals surface area contributed by atoms with Crippen LogP contribution in [0, 0.1) is 0 Å². The zero-order valence-corrected chi connectivity index (χ0v) is 7.53. The predicted molar refractivity (Wildman–Crippen MR) is 21.0 cm³/mol. The molecule has 0 aliphatic heterocycles. The molecule has 1 N–H and O–H groups in total. The third-order valence-electron chi connectivity index (χ3n) is 0.114. The summed E-state index contributed by atoms with van der Waals surface area (Å²) in [5.74, 6) is 0. The van der Waals surface area contributed by atoms with E-state index in [1.165, 1.54) is 0 Å². The van der Waals surface area contributed by atoms with Gasteiger partial charge >= 0.3 is 29.6 Å². The maximum Gasteiger partial charge on any atom is 1.00 e. The van der Waals surface area contributed by atoms with Crippen LogP contribution >= 0.6 is 12.3 Å². The molecule has 0 spiro atoms. The molecule has 0 amide bonds. The molecule has 8 heavy (non-hydrogen) atoms. The minimum Gasteiger partial charge on any atom is -0.725 e. The first-order valence-electron chi connectivity index (χ1n) is 1.02. The quantitative estimate of drug-likeness (QED) is 0.200. The van der Waals surface area contributed by atoms with Gasteiger partial charge in [0.1, 0.15) is 0 Å². The van der Waals surface area contributed by atoms with E-state index in [0.29, 0.717) is 0 Å². The Morgan fingerprint density at radius 2 is 2.00 bits per heavy atom. The van der Waals surface area contributed by atoms with Crippen molar-refractivity contribution in [3.05, 3.63) is 0 Å². The molecule has 0 aliphatic rings. The Balaban J connectivity index is 0. The number of rotatable bonds is 2. The fraction of sp³-hybridized carbons (Fsp3) is 0. The molecule has 0 aromatic rings. The summed E-state index contributed by atoms with van der Waals surface area (Å²) in [5, 5.41) is 0. The third-order valence-corrected chi connectivity index (χ3v) is 1.02. The fourth-order valence-corrected chi connectivity index (χ4v) is 0.335. The second-order valence-electron chi connectivity index (χ2n) is 0.551. The van der Waals surface area contributed by atoms with Crippen LogP contribution < -0.4 is 29.6 Å². The molecular formula is HNaO5S2. The minimum atomic E-state index is -4.71.